The first-order valence-corrected chi connectivity index (χ1v) is 6.69. The van der Waals surface area contributed by atoms with E-state index in [0.29, 0.717) is 0 Å². The van der Waals surface area contributed by atoms with Crippen LogP contribution in [-0.2, 0) is 16.1 Å². The lowest BCUT2D eigenvalue weighted by Crippen LogP contribution is -2.34. The molecule has 0 heterocycles. The second-order valence-electron chi connectivity index (χ2n) is 4.73. The van der Waals surface area contributed by atoms with Crippen molar-refractivity contribution in [1.29, 1.82) is 0 Å². The molecule has 1 unspecified atom stereocenters. The van der Waals surface area contributed by atoms with Gasteiger partial charge in [0.2, 0.25) is 0 Å². The zero-order chi connectivity index (χ0) is 16.8. The molecule has 0 bridgehead atoms. The van der Waals surface area contributed by atoms with Crippen molar-refractivity contribution in [3.05, 3.63) is 59.7 Å². The van der Waals surface area contributed by atoms with Crippen molar-refractivity contribution in [3.63, 3.8) is 0 Å². The molecule has 1 amide bonds. The van der Waals surface area contributed by atoms with E-state index in [4.69, 9.17) is 4.74 Å². The summed E-state index contributed by atoms with van der Waals surface area (Å²) < 4.78 is 4.96. The molecule has 2 rings (SSSR count). The van der Waals surface area contributed by atoms with E-state index < -0.39 is 23.9 Å². The summed E-state index contributed by atoms with van der Waals surface area (Å²) in [6.07, 6.45) is -0.909. The summed E-state index contributed by atoms with van der Waals surface area (Å²) >= 11 is 0. The fourth-order valence-electron chi connectivity index (χ4n) is 1.89. The van der Waals surface area contributed by atoms with Crippen molar-refractivity contribution in [2.24, 2.45) is 0 Å². The van der Waals surface area contributed by atoms with E-state index in [1.54, 1.807) is 24.3 Å². The molecule has 1 atom stereocenters. The molecular weight excluding hydrogens is 302 g/mol. The Morgan fingerprint density at radius 1 is 1.04 bits per heavy atom. The molecule has 0 radical (unpaired) electrons. The first-order chi connectivity index (χ1) is 11.0. The van der Waals surface area contributed by atoms with Crippen LogP contribution < -0.4 is 5.32 Å². The number of benzene rings is 2. The molecule has 0 aliphatic carbocycles. The number of nitrogens with one attached hydrogen (secondary N) is 1. The summed E-state index contributed by atoms with van der Waals surface area (Å²) in [4.78, 5) is 23.0. The predicted molar refractivity (Wildman–Crippen MR) is 79.9 cm³/mol. The number of hydrogen-bond donors (Lipinski definition) is 4. The Morgan fingerprint density at radius 2 is 1.74 bits per heavy atom. The second kappa shape index (κ2) is 7.17. The molecular formula is C16H15NO6. The zero-order valence-electron chi connectivity index (χ0n) is 12.0. The number of aromatic hydroxyl groups is 2. The summed E-state index contributed by atoms with van der Waals surface area (Å²) in [7, 11) is 0. The highest BCUT2D eigenvalue weighted by atomic mass is 16.5. The number of ether oxygens (including phenoxy) is 1. The van der Waals surface area contributed by atoms with Crippen LogP contribution in [0.15, 0.2) is 48.5 Å². The van der Waals surface area contributed by atoms with Crippen molar-refractivity contribution in [2.45, 2.75) is 12.6 Å². The van der Waals surface area contributed by atoms with E-state index >= 15 is 0 Å². The van der Waals surface area contributed by atoms with Gasteiger partial charge in [0.15, 0.2) is 17.5 Å². The summed E-state index contributed by atoms with van der Waals surface area (Å²) in [5.41, 5.74) is 0.862. The molecule has 23 heavy (non-hydrogen) atoms. The van der Waals surface area contributed by atoms with Gasteiger partial charge in [-0.25, -0.2) is 9.59 Å². The van der Waals surface area contributed by atoms with E-state index in [1.165, 1.54) is 6.07 Å². The maximum atomic E-state index is 11.7. The number of aliphatic carboxylic acids is 1. The van der Waals surface area contributed by atoms with Gasteiger partial charge in [-0.1, -0.05) is 36.4 Å². The van der Waals surface area contributed by atoms with Crippen molar-refractivity contribution < 1.29 is 29.6 Å². The summed E-state index contributed by atoms with van der Waals surface area (Å²) in [6.45, 7) is -0.000159. The third-order valence-corrected chi connectivity index (χ3v) is 3.05. The van der Waals surface area contributed by atoms with Crippen LogP contribution in [0.5, 0.6) is 11.5 Å². The molecule has 0 aliphatic heterocycles. The van der Waals surface area contributed by atoms with Crippen molar-refractivity contribution in [3.8, 4) is 11.5 Å². The number of hydrogen-bond acceptors (Lipinski definition) is 5. The van der Waals surface area contributed by atoms with E-state index in [2.05, 4.69) is 5.32 Å². The molecule has 120 valence electrons. The van der Waals surface area contributed by atoms with E-state index in [-0.39, 0.29) is 17.9 Å². The SMILES string of the molecule is O=C(NC(C(=O)O)c1ccc(O)c(O)c1)OCc1ccccc1. The highest BCUT2D eigenvalue weighted by Crippen LogP contribution is 2.28. The lowest BCUT2D eigenvalue weighted by molar-refractivity contribution is -0.139. The minimum Gasteiger partial charge on any atom is -0.504 e. The van der Waals surface area contributed by atoms with Gasteiger partial charge in [-0.05, 0) is 23.3 Å². The lowest BCUT2D eigenvalue weighted by Gasteiger charge is -2.15. The van der Waals surface area contributed by atoms with Crippen LogP contribution in [0.25, 0.3) is 0 Å². The van der Waals surface area contributed by atoms with E-state index in [9.17, 15) is 24.9 Å². The van der Waals surface area contributed by atoms with Gasteiger partial charge in [0.05, 0.1) is 0 Å². The summed E-state index contributed by atoms with van der Waals surface area (Å²) in [5.74, 6) is -2.19. The van der Waals surface area contributed by atoms with Crippen LogP contribution >= 0.6 is 0 Å². The van der Waals surface area contributed by atoms with Crippen LogP contribution in [0.1, 0.15) is 17.2 Å². The fourth-order valence-corrected chi connectivity index (χ4v) is 1.89. The zero-order valence-corrected chi connectivity index (χ0v) is 12.0. The average Bonchev–Trinajstić information content (AvgIpc) is 2.54. The van der Waals surface area contributed by atoms with Gasteiger partial charge in [0.25, 0.3) is 0 Å². The number of alkyl carbamates (subject to hydrolysis) is 1. The molecule has 4 N–H and O–H groups in total. The molecule has 7 heteroatoms. The Morgan fingerprint density at radius 3 is 2.35 bits per heavy atom. The number of carbonyl (C=O) groups excluding carboxylic acids is 1. The quantitative estimate of drug-likeness (QED) is 0.628. The Balaban J connectivity index is 2.02. The number of carboxylic acids is 1. The lowest BCUT2D eigenvalue weighted by atomic mass is 10.1. The number of rotatable bonds is 5. The van der Waals surface area contributed by atoms with Gasteiger partial charge in [0, 0.05) is 0 Å². The molecule has 0 spiro atoms. The molecule has 0 aliphatic rings. The Bertz CT molecular complexity index is 701. The summed E-state index contributed by atoms with van der Waals surface area (Å²) in [5, 5.41) is 30.1. The summed E-state index contributed by atoms with van der Waals surface area (Å²) in [6, 6.07) is 11.0. The third kappa shape index (κ3) is 4.37. The molecule has 0 fully saturated rings. The van der Waals surface area contributed by atoms with Crippen LogP contribution in [0.2, 0.25) is 0 Å². The third-order valence-electron chi connectivity index (χ3n) is 3.05. The average molecular weight is 317 g/mol. The Hall–Kier alpha value is -3.22. The number of amides is 1. The van der Waals surface area contributed by atoms with E-state index in [0.717, 1.165) is 17.7 Å². The van der Waals surface area contributed by atoms with Crippen molar-refractivity contribution in [1.82, 2.24) is 5.32 Å². The molecule has 0 saturated carbocycles. The van der Waals surface area contributed by atoms with Gasteiger partial charge in [-0.15, -0.1) is 0 Å². The smallest absolute Gasteiger partial charge is 0.408 e. The molecule has 2 aromatic carbocycles. The maximum Gasteiger partial charge on any atom is 0.408 e. The predicted octanol–water partition coefficient (Wildman–Crippen LogP) is 2.15. The highest BCUT2D eigenvalue weighted by Gasteiger charge is 2.23. The Labute approximate surface area is 131 Å². The monoisotopic (exact) mass is 317 g/mol. The number of phenols is 2. The molecule has 2 aromatic rings. The van der Waals surface area contributed by atoms with Crippen molar-refractivity contribution >= 4 is 12.1 Å². The molecule has 0 aromatic heterocycles. The van der Waals surface area contributed by atoms with Gasteiger partial charge >= 0.3 is 12.1 Å². The van der Waals surface area contributed by atoms with Gasteiger partial charge in [0.1, 0.15) is 6.61 Å². The minimum atomic E-state index is -1.41. The minimum absolute atomic E-state index is 0.000159. The highest BCUT2D eigenvalue weighted by molar-refractivity contribution is 5.81. The number of carboxylic acid groups (broad SMARTS) is 1. The normalized spacial score (nSPS) is 11.5. The molecule has 7 nitrogen and oxygen atoms in total. The van der Waals surface area contributed by atoms with Gasteiger partial charge < -0.3 is 25.4 Å². The van der Waals surface area contributed by atoms with Crippen LogP contribution in [0.3, 0.4) is 0 Å². The van der Waals surface area contributed by atoms with Gasteiger partial charge in [-0.2, -0.15) is 0 Å². The first-order valence-electron chi connectivity index (χ1n) is 6.69. The maximum absolute atomic E-state index is 11.7. The van der Waals surface area contributed by atoms with Gasteiger partial charge in [-0.3, -0.25) is 0 Å². The topological polar surface area (TPSA) is 116 Å². The standard InChI is InChI=1S/C16H15NO6/c18-12-7-6-11(8-13(12)19)14(15(20)21)17-16(22)23-9-10-4-2-1-3-5-10/h1-8,14,18-19H,9H2,(H,17,22)(H,20,21). The number of phenolic OH excluding ortho intramolecular Hbond substituents is 2. The van der Waals surface area contributed by atoms with Crippen molar-refractivity contribution in [2.75, 3.05) is 0 Å². The molecule has 0 saturated heterocycles. The second-order valence-corrected chi connectivity index (χ2v) is 4.73. The van der Waals surface area contributed by atoms with E-state index in [1.807, 2.05) is 6.07 Å². The largest absolute Gasteiger partial charge is 0.504 e. The first kappa shape index (κ1) is 16.2. The fraction of sp³-hybridized carbons (Fsp3) is 0.125. The van der Waals surface area contributed by atoms with Crippen LogP contribution in [0.4, 0.5) is 4.79 Å². The van der Waals surface area contributed by atoms with Crippen LogP contribution in [0, 0.1) is 0 Å². The Kier molecular flexibility index (Phi) is 5.03. The van der Waals surface area contributed by atoms with Crippen LogP contribution in [-0.4, -0.2) is 27.4 Å². The number of carbonyl (C=O) groups is 2.